The van der Waals surface area contributed by atoms with E-state index in [0.717, 1.165) is 36.6 Å². The summed E-state index contributed by atoms with van der Waals surface area (Å²) < 4.78 is 0. The number of benzene rings is 2. The fourth-order valence-corrected chi connectivity index (χ4v) is 4.26. The highest BCUT2D eigenvalue weighted by Gasteiger charge is 2.24. The smallest absolute Gasteiger partial charge is 0.319 e. The summed E-state index contributed by atoms with van der Waals surface area (Å²) in [5.41, 5.74) is 5.45. The molecule has 1 aromatic heterocycles. The fourth-order valence-electron chi connectivity index (χ4n) is 4.26. The first-order valence-electron chi connectivity index (χ1n) is 10.7. The number of hydrogen-bond donors (Lipinski definition) is 4. The fraction of sp³-hybridized carbons (Fsp3) is 0.333. The minimum Gasteiger partial charge on any atom is -0.358 e. The molecule has 3 aromatic rings. The average Bonchev–Trinajstić information content (AvgIpc) is 3.45. The van der Waals surface area contributed by atoms with E-state index in [-0.39, 0.29) is 11.9 Å². The molecule has 0 bridgehead atoms. The molecule has 0 spiro atoms. The van der Waals surface area contributed by atoms with Gasteiger partial charge < -0.3 is 20.9 Å². The number of aromatic amines is 1. The first-order valence-corrected chi connectivity index (χ1v) is 10.7. The molecule has 1 saturated carbocycles. The average molecular weight is 402 g/mol. The number of aryl methyl sites for hydroxylation is 1. The van der Waals surface area contributed by atoms with Gasteiger partial charge in [0.25, 0.3) is 5.91 Å². The van der Waals surface area contributed by atoms with Crippen LogP contribution in [-0.2, 0) is 12.8 Å². The zero-order valence-electron chi connectivity index (χ0n) is 17.0. The first-order chi connectivity index (χ1) is 14.6. The van der Waals surface area contributed by atoms with Gasteiger partial charge in [0, 0.05) is 28.5 Å². The standard InChI is InChI=1S/C24H26N4O2/c1-14-8-11-21-20(12-14)18-6-3-7-19(22(18)28-21)23(29)25-16-4-2-5-17(13-16)27-24(30)26-15-9-10-15/h2-7,13-15,28H,8-12H2,1H3,(H,25,29)(H2,26,27,30)/t14-/m1/s1. The summed E-state index contributed by atoms with van der Waals surface area (Å²) in [7, 11) is 0. The Morgan fingerprint density at radius 2 is 1.77 bits per heavy atom. The van der Waals surface area contributed by atoms with Crippen LogP contribution < -0.4 is 16.0 Å². The third-order valence-corrected chi connectivity index (χ3v) is 6.00. The zero-order chi connectivity index (χ0) is 20.7. The second-order valence-electron chi connectivity index (χ2n) is 8.57. The van der Waals surface area contributed by atoms with Crippen molar-refractivity contribution in [3.05, 3.63) is 59.3 Å². The van der Waals surface area contributed by atoms with E-state index in [1.54, 1.807) is 6.07 Å². The molecule has 154 valence electrons. The molecule has 2 aliphatic carbocycles. The number of para-hydroxylation sites is 1. The van der Waals surface area contributed by atoms with Gasteiger partial charge in [0.2, 0.25) is 0 Å². The van der Waals surface area contributed by atoms with Crippen molar-refractivity contribution < 1.29 is 9.59 Å². The van der Waals surface area contributed by atoms with Crippen molar-refractivity contribution in [2.75, 3.05) is 10.6 Å². The van der Waals surface area contributed by atoms with Gasteiger partial charge in [0.05, 0.1) is 11.1 Å². The van der Waals surface area contributed by atoms with Crippen molar-refractivity contribution in [3.63, 3.8) is 0 Å². The van der Waals surface area contributed by atoms with E-state index in [9.17, 15) is 9.59 Å². The summed E-state index contributed by atoms with van der Waals surface area (Å²) in [6, 6.07) is 13.2. The van der Waals surface area contributed by atoms with Crippen LogP contribution in [0.2, 0.25) is 0 Å². The minimum atomic E-state index is -0.211. The molecule has 30 heavy (non-hydrogen) atoms. The van der Waals surface area contributed by atoms with Crippen LogP contribution in [0.1, 0.15) is 47.8 Å². The predicted octanol–water partition coefficient (Wildman–Crippen LogP) is 4.83. The number of anilines is 2. The molecule has 4 N–H and O–H groups in total. The number of nitrogens with one attached hydrogen (secondary N) is 4. The predicted molar refractivity (Wildman–Crippen MR) is 119 cm³/mol. The van der Waals surface area contributed by atoms with Crippen molar-refractivity contribution in [1.82, 2.24) is 10.3 Å². The molecule has 0 radical (unpaired) electrons. The Bertz CT molecular complexity index is 1130. The van der Waals surface area contributed by atoms with E-state index < -0.39 is 0 Å². The molecule has 1 atom stereocenters. The number of aromatic nitrogens is 1. The second-order valence-corrected chi connectivity index (χ2v) is 8.57. The largest absolute Gasteiger partial charge is 0.358 e. The summed E-state index contributed by atoms with van der Waals surface area (Å²) in [5, 5.41) is 9.84. The van der Waals surface area contributed by atoms with Crippen molar-refractivity contribution in [1.29, 1.82) is 0 Å². The van der Waals surface area contributed by atoms with Crippen LogP contribution in [0.3, 0.4) is 0 Å². The third-order valence-electron chi connectivity index (χ3n) is 6.00. The number of carbonyl (C=O) groups excluding carboxylic acids is 2. The zero-order valence-corrected chi connectivity index (χ0v) is 17.0. The molecule has 2 aliphatic rings. The van der Waals surface area contributed by atoms with Crippen molar-refractivity contribution in [2.45, 2.75) is 45.1 Å². The van der Waals surface area contributed by atoms with Gasteiger partial charge in [-0.15, -0.1) is 0 Å². The Balaban J connectivity index is 1.36. The molecule has 5 rings (SSSR count). The monoisotopic (exact) mass is 402 g/mol. The van der Waals surface area contributed by atoms with E-state index in [2.05, 4.69) is 33.9 Å². The molecule has 6 heteroatoms. The lowest BCUT2D eigenvalue weighted by Gasteiger charge is -2.17. The lowest BCUT2D eigenvalue weighted by Crippen LogP contribution is -2.30. The van der Waals surface area contributed by atoms with Gasteiger partial charge in [-0.25, -0.2) is 4.79 Å². The van der Waals surface area contributed by atoms with E-state index in [4.69, 9.17) is 0 Å². The molecule has 0 saturated heterocycles. The summed E-state index contributed by atoms with van der Waals surface area (Å²) in [5.74, 6) is 0.508. The van der Waals surface area contributed by atoms with Crippen LogP contribution in [0.4, 0.5) is 16.2 Å². The number of rotatable bonds is 4. The number of urea groups is 1. The van der Waals surface area contributed by atoms with Crippen LogP contribution in [0.15, 0.2) is 42.5 Å². The van der Waals surface area contributed by atoms with E-state index in [0.29, 0.717) is 28.9 Å². The van der Waals surface area contributed by atoms with Crippen molar-refractivity contribution in [3.8, 4) is 0 Å². The van der Waals surface area contributed by atoms with Gasteiger partial charge in [-0.2, -0.15) is 0 Å². The Morgan fingerprint density at radius 3 is 2.57 bits per heavy atom. The summed E-state index contributed by atoms with van der Waals surface area (Å²) in [6.45, 7) is 2.28. The summed E-state index contributed by atoms with van der Waals surface area (Å²) >= 11 is 0. The molecule has 0 unspecified atom stereocenters. The summed E-state index contributed by atoms with van der Waals surface area (Å²) in [6.07, 6.45) is 5.33. The van der Waals surface area contributed by atoms with Gasteiger partial charge in [-0.1, -0.05) is 25.1 Å². The normalized spacial score (nSPS) is 18.0. The van der Waals surface area contributed by atoms with Gasteiger partial charge in [-0.05, 0) is 67.9 Å². The molecule has 3 amide bonds. The topological polar surface area (TPSA) is 86.0 Å². The van der Waals surface area contributed by atoms with Gasteiger partial charge in [0.15, 0.2) is 0 Å². The molecular weight excluding hydrogens is 376 g/mol. The quantitative estimate of drug-likeness (QED) is 0.504. The van der Waals surface area contributed by atoms with Crippen LogP contribution in [0, 0.1) is 5.92 Å². The lowest BCUT2D eigenvalue weighted by molar-refractivity contribution is 0.102. The van der Waals surface area contributed by atoms with Gasteiger partial charge in [0.1, 0.15) is 0 Å². The highest BCUT2D eigenvalue weighted by atomic mass is 16.2. The maximum Gasteiger partial charge on any atom is 0.319 e. The van der Waals surface area contributed by atoms with E-state index in [1.165, 1.54) is 17.7 Å². The van der Waals surface area contributed by atoms with Crippen LogP contribution in [0.5, 0.6) is 0 Å². The summed E-state index contributed by atoms with van der Waals surface area (Å²) in [4.78, 5) is 28.5. The SMILES string of the molecule is C[C@@H]1CCc2[nH]c3c(C(=O)Nc4cccc(NC(=O)NC5CC5)c4)cccc3c2C1. The lowest BCUT2D eigenvalue weighted by atomic mass is 9.87. The highest BCUT2D eigenvalue weighted by Crippen LogP contribution is 2.33. The Morgan fingerprint density at radius 1 is 1.00 bits per heavy atom. The number of H-pyrrole nitrogens is 1. The van der Waals surface area contributed by atoms with E-state index in [1.807, 2.05) is 30.3 Å². The number of hydrogen-bond acceptors (Lipinski definition) is 2. The molecule has 0 aliphatic heterocycles. The second kappa shape index (κ2) is 7.52. The Hall–Kier alpha value is -3.28. The van der Waals surface area contributed by atoms with Crippen molar-refractivity contribution in [2.24, 2.45) is 5.92 Å². The van der Waals surface area contributed by atoms with Crippen molar-refractivity contribution >= 4 is 34.2 Å². The van der Waals surface area contributed by atoms with Crippen LogP contribution in [0.25, 0.3) is 10.9 Å². The first kappa shape index (κ1) is 18.7. The molecule has 1 fully saturated rings. The molecule has 1 heterocycles. The van der Waals surface area contributed by atoms with Crippen LogP contribution >= 0.6 is 0 Å². The third kappa shape index (κ3) is 3.77. The maximum atomic E-state index is 13.1. The highest BCUT2D eigenvalue weighted by molar-refractivity contribution is 6.12. The van der Waals surface area contributed by atoms with Gasteiger partial charge in [-0.3, -0.25) is 4.79 Å². The van der Waals surface area contributed by atoms with E-state index >= 15 is 0 Å². The Labute approximate surface area is 175 Å². The minimum absolute atomic E-state index is 0.160. The number of carbonyl (C=O) groups is 2. The molecule has 6 nitrogen and oxygen atoms in total. The molecular formula is C24H26N4O2. The number of amides is 3. The maximum absolute atomic E-state index is 13.1. The molecule has 2 aromatic carbocycles. The van der Waals surface area contributed by atoms with Gasteiger partial charge >= 0.3 is 6.03 Å². The Kier molecular flexibility index (Phi) is 4.69. The van der Waals surface area contributed by atoms with Crippen LogP contribution in [-0.4, -0.2) is 23.0 Å². The number of fused-ring (bicyclic) bond motifs is 3.